The maximum atomic E-state index is 12.3. The van der Waals surface area contributed by atoms with Gasteiger partial charge in [0, 0.05) is 33.1 Å². The molecule has 0 aromatic rings. The third-order valence-electron chi connectivity index (χ3n) is 4.29. The second kappa shape index (κ2) is 11.2. The van der Waals surface area contributed by atoms with Crippen LogP contribution in [0.15, 0.2) is 0 Å². The smallest absolute Gasteiger partial charge is 0.303 e. The molecule has 31 heavy (non-hydrogen) atoms. The van der Waals surface area contributed by atoms with Crippen LogP contribution in [0, 0.1) is 5.41 Å². The molecule has 1 amide bonds. The molecule has 1 fully saturated rings. The summed E-state index contributed by atoms with van der Waals surface area (Å²) < 4.78 is 27.0. The Kier molecular flexibility index (Phi) is 9.57. The van der Waals surface area contributed by atoms with Crippen LogP contribution in [0.2, 0.25) is 0 Å². The van der Waals surface area contributed by atoms with Gasteiger partial charge in [0.2, 0.25) is 5.91 Å². The van der Waals surface area contributed by atoms with Gasteiger partial charge in [0.1, 0.15) is 25.4 Å². The van der Waals surface area contributed by atoms with E-state index >= 15 is 0 Å². The summed E-state index contributed by atoms with van der Waals surface area (Å²) in [7, 11) is 0. The van der Waals surface area contributed by atoms with Crippen molar-refractivity contribution >= 4 is 29.6 Å². The molecule has 0 aromatic carbocycles. The van der Waals surface area contributed by atoms with Gasteiger partial charge in [-0.1, -0.05) is 20.8 Å². The average molecular weight is 445 g/mol. The van der Waals surface area contributed by atoms with Crippen LogP contribution in [-0.4, -0.2) is 73.5 Å². The van der Waals surface area contributed by atoms with Crippen molar-refractivity contribution in [2.45, 2.75) is 79.1 Å². The standard InChI is InChI=1S/C20H31NO10/c1-10(22)21-16-18(30-13(4)25)17(29-12(3)24)14(8-27-11(2)23)31-19(16)28-9-15(26)20(5,6)7/h14,16-19H,8-9H2,1-7H3,(H,21,22)/t14-,16-,17+,18-,19-/m1/s1. The van der Waals surface area contributed by atoms with E-state index in [9.17, 15) is 24.0 Å². The van der Waals surface area contributed by atoms with Crippen LogP contribution in [0.4, 0.5) is 0 Å². The number of ether oxygens (including phenoxy) is 5. The molecule has 1 rings (SSSR count). The Bertz CT molecular complexity index is 699. The van der Waals surface area contributed by atoms with Crippen LogP contribution in [0.25, 0.3) is 0 Å². The molecule has 5 atom stereocenters. The van der Waals surface area contributed by atoms with Gasteiger partial charge in [-0.05, 0) is 0 Å². The van der Waals surface area contributed by atoms with Crippen molar-refractivity contribution in [3.05, 3.63) is 0 Å². The lowest BCUT2D eigenvalue weighted by Crippen LogP contribution is -2.66. The minimum absolute atomic E-state index is 0.236. The zero-order valence-corrected chi connectivity index (χ0v) is 18.9. The molecule has 0 unspecified atom stereocenters. The van der Waals surface area contributed by atoms with Gasteiger partial charge >= 0.3 is 17.9 Å². The van der Waals surface area contributed by atoms with Gasteiger partial charge < -0.3 is 29.0 Å². The summed E-state index contributed by atoms with van der Waals surface area (Å²) >= 11 is 0. The Morgan fingerprint density at radius 3 is 1.87 bits per heavy atom. The molecule has 1 saturated heterocycles. The quantitative estimate of drug-likeness (QED) is 0.408. The highest BCUT2D eigenvalue weighted by Crippen LogP contribution is 2.28. The van der Waals surface area contributed by atoms with Gasteiger partial charge in [0.25, 0.3) is 0 Å². The fourth-order valence-electron chi connectivity index (χ4n) is 2.81. The number of esters is 3. The number of hydrogen-bond acceptors (Lipinski definition) is 10. The lowest BCUT2D eigenvalue weighted by molar-refractivity contribution is -0.276. The molecule has 0 radical (unpaired) electrons. The summed E-state index contributed by atoms with van der Waals surface area (Å²) in [5.41, 5.74) is -0.690. The first-order valence-corrected chi connectivity index (χ1v) is 9.77. The highest BCUT2D eigenvalue weighted by Gasteiger charge is 2.51. The molecule has 0 aliphatic carbocycles. The molecular formula is C20H31NO10. The molecule has 11 nitrogen and oxygen atoms in total. The molecule has 1 aliphatic heterocycles. The summed E-state index contributed by atoms with van der Waals surface area (Å²) in [6.45, 7) is 9.16. The van der Waals surface area contributed by atoms with Gasteiger partial charge in [-0.25, -0.2) is 0 Å². The number of carbonyl (C=O) groups is 5. The van der Waals surface area contributed by atoms with Crippen LogP contribution >= 0.6 is 0 Å². The van der Waals surface area contributed by atoms with Gasteiger partial charge in [-0.3, -0.25) is 24.0 Å². The predicted octanol–water partition coefficient (Wildman–Crippen LogP) is 0.274. The summed E-state index contributed by atoms with van der Waals surface area (Å²) in [6.07, 6.45) is -4.78. The van der Waals surface area contributed by atoms with Crippen molar-refractivity contribution in [1.82, 2.24) is 5.32 Å². The van der Waals surface area contributed by atoms with E-state index < -0.39 is 59.9 Å². The SMILES string of the molecule is CC(=O)N[C@H]1[C@H](OCC(=O)C(C)(C)C)O[C@H](COC(C)=O)[C@H](OC(C)=O)[C@@H]1OC(C)=O. The van der Waals surface area contributed by atoms with Crippen LogP contribution in [0.1, 0.15) is 48.5 Å². The summed E-state index contributed by atoms with van der Waals surface area (Å²) in [6, 6.07) is -1.10. The molecule has 1 heterocycles. The van der Waals surface area contributed by atoms with Gasteiger partial charge in [0.15, 0.2) is 24.3 Å². The first kappa shape index (κ1) is 26.5. The van der Waals surface area contributed by atoms with E-state index in [1.807, 2.05) is 0 Å². The van der Waals surface area contributed by atoms with E-state index in [4.69, 9.17) is 23.7 Å². The molecule has 0 saturated carbocycles. The molecule has 176 valence electrons. The fourth-order valence-corrected chi connectivity index (χ4v) is 2.81. The predicted molar refractivity (Wildman–Crippen MR) is 104 cm³/mol. The Balaban J connectivity index is 3.29. The highest BCUT2D eigenvalue weighted by molar-refractivity contribution is 5.84. The Hall–Kier alpha value is -2.53. The number of rotatable bonds is 8. The minimum Gasteiger partial charge on any atom is -0.463 e. The molecule has 0 aromatic heterocycles. The van der Waals surface area contributed by atoms with E-state index in [-0.39, 0.29) is 19.0 Å². The lowest BCUT2D eigenvalue weighted by atomic mass is 9.91. The van der Waals surface area contributed by atoms with E-state index in [1.54, 1.807) is 20.8 Å². The van der Waals surface area contributed by atoms with Crippen molar-refractivity contribution in [2.75, 3.05) is 13.2 Å². The Morgan fingerprint density at radius 2 is 1.42 bits per heavy atom. The maximum Gasteiger partial charge on any atom is 0.303 e. The number of carbonyl (C=O) groups excluding carboxylic acids is 5. The topological polar surface area (TPSA) is 144 Å². The van der Waals surface area contributed by atoms with E-state index in [2.05, 4.69) is 5.32 Å². The van der Waals surface area contributed by atoms with E-state index in [1.165, 1.54) is 13.8 Å². The largest absolute Gasteiger partial charge is 0.463 e. The number of amides is 1. The van der Waals surface area contributed by atoms with Crippen molar-refractivity contribution in [3.8, 4) is 0 Å². The summed E-state index contributed by atoms with van der Waals surface area (Å²) in [5, 5.41) is 2.56. The Morgan fingerprint density at radius 1 is 0.871 bits per heavy atom. The zero-order valence-electron chi connectivity index (χ0n) is 18.9. The van der Waals surface area contributed by atoms with Crippen LogP contribution < -0.4 is 5.32 Å². The van der Waals surface area contributed by atoms with Crippen molar-refractivity contribution < 1.29 is 47.7 Å². The van der Waals surface area contributed by atoms with Crippen molar-refractivity contribution in [2.24, 2.45) is 5.41 Å². The molecular weight excluding hydrogens is 414 g/mol. The second-order valence-electron chi connectivity index (χ2n) is 8.20. The fraction of sp³-hybridized carbons (Fsp3) is 0.750. The summed E-state index contributed by atoms with van der Waals surface area (Å²) in [4.78, 5) is 58.8. The number of Topliss-reactive ketones (excluding diaryl/α,β-unsaturated/α-hetero) is 1. The molecule has 1 aliphatic rings. The minimum atomic E-state index is -1.26. The monoisotopic (exact) mass is 445 g/mol. The van der Waals surface area contributed by atoms with Gasteiger partial charge in [-0.15, -0.1) is 0 Å². The molecule has 1 N–H and O–H groups in total. The number of nitrogens with one attached hydrogen (secondary N) is 1. The van der Waals surface area contributed by atoms with Gasteiger partial charge in [0.05, 0.1) is 0 Å². The first-order chi connectivity index (χ1) is 14.2. The first-order valence-electron chi connectivity index (χ1n) is 9.77. The lowest BCUT2D eigenvalue weighted by Gasteiger charge is -2.45. The van der Waals surface area contributed by atoms with Crippen molar-refractivity contribution in [3.63, 3.8) is 0 Å². The van der Waals surface area contributed by atoms with Crippen LogP contribution in [0.3, 0.4) is 0 Å². The normalized spacial score (nSPS) is 25.8. The average Bonchev–Trinajstić information content (AvgIpc) is 2.60. The number of ketones is 1. The van der Waals surface area contributed by atoms with Crippen molar-refractivity contribution in [1.29, 1.82) is 0 Å². The van der Waals surface area contributed by atoms with E-state index in [0.717, 1.165) is 13.8 Å². The maximum absolute atomic E-state index is 12.3. The van der Waals surface area contributed by atoms with Gasteiger partial charge in [-0.2, -0.15) is 0 Å². The molecule has 0 spiro atoms. The Labute approximate surface area is 181 Å². The summed E-state index contributed by atoms with van der Waals surface area (Å²) in [5.74, 6) is -2.77. The zero-order chi connectivity index (χ0) is 23.9. The molecule has 11 heteroatoms. The third kappa shape index (κ3) is 8.62. The third-order valence-corrected chi connectivity index (χ3v) is 4.29. The highest BCUT2D eigenvalue weighted by atomic mass is 16.7. The van der Waals surface area contributed by atoms with E-state index in [0.29, 0.717) is 0 Å². The second-order valence-corrected chi connectivity index (χ2v) is 8.20. The van der Waals surface area contributed by atoms with Crippen LogP contribution in [-0.2, 0) is 47.7 Å². The van der Waals surface area contributed by atoms with Crippen LogP contribution in [0.5, 0.6) is 0 Å². The molecule has 0 bridgehead atoms. The number of hydrogen-bond donors (Lipinski definition) is 1.